The molecule has 3 rings (SSSR count). The van der Waals surface area contributed by atoms with Crippen molar-refractivity contribution in [2.75, 3.05) is 11.9 Å². The molecule has 20 heavy (non-hydrogen) atoms. The lowest BCUT2D eigenvalue weighted by Gasteiger charge is -2.16. The Morgan fingerprint density at radius 3 is 3.15 bits per heavy atom. The maximum Gasteiger partial charge on any atom is 0.328 e. The number of ether oxygens (including phenoxy) is 1. The lowest BCUT2D eigenvalue weighted by molar-refractivity contribution is -0.144. The van der Waals surface area contributed by atoms with E-state index in [9.17, 15) is 4.79 Å². The average molecular weight is 270 g/mol. The Morgan fingerprint density at radius 1 is 1.45 bits per heavy atom. The summed E-state index contributed by atoms with van der Waals surface area (Å²) in [7, 11) is 0. The molecule has 1 aliphatic heterocycles. The van der Waals surface area contributed by atoms with Gasteiger partial charge >= 0.3 is 5.97 Å². The Labute approximate surface area is 118 Å². The van der Waals surface area contributed by atoms with E-state index in [0.29, 0.717) is 6.61 Å². The minimum Gasteiger partial charge on any atom is -0.464 e. The van der Waals surface area contributed by atoms with E-state index in [2.05, 4.69) is 22.4 Å². The van der Waals surface area contributed by atoms with Crippen LogP contribution in [0.25, 0.3) is 10.9 Å². The number of carbonyl (C=O) groups is 1. The minimum absolute atomic E-state index is 0.185. The number of nitrogens with one attached hydrogen (secondary N) is 1. The highest BCUT2D eigenvalue weighted by molar-refractivity contribution is 5.84. The first-order valence-corrected chi connectivity index (χ1v) is 7.10. The summed E-state index contributed by atoms with van der Waals surface area (Å²) in [5.74, 6) is 0.634. The van der Waals surface area contributed by atoms with Crippen molar-refractivity contribution in [3.63, 3.8) is 0 Å². The van der Waals surface area contributed by atoms with E-state index in [1.54, 1.807) is 0 Å². The van der Waals surface area contributed by atoms with Crippen LogP contribution >= 0.6 is 0 Å². The normalized spacial score (nSPS) is 17.9. The Bertz CT molecular complexity index is 639. The van der Waals surface area contributed by atoms with Gasteiger partial charge < -0.3 is 10.1 Å². The van der Waals surface area contributed by atoms with Crippen molar-refractivity contribution in [1.82, 2.24) is 4.98 Å². The fraction of sp³-hybridized carbons (Fsp3) is 0.375. The van der Waals surface area contributed by atoms with Crippen LogP contribution < -0.4 is 5.32 Å². The molecule has 4 heteroatoms. The molecule has 0 saturated carbocycles. The number of anilines is 1. The van der Waals surface area contributed by atoms with Crippen LogP contribution in [-0.2, 0) is 16.0 Å². The number of nitrogens with zero attached hydrogens (tertiary/aromatic N) is 1. The number of pyridine rings is 1. The van der Waals surface area contributed by atoms with Crippen LogP contribution in [0.5, 0.6) is 0 Å². The molecule has 0 bridgehead atoms. The van der Waals surface area contributed by atoms with Crippen molar-refractivity contribution in [1.29, 1.82) is 0 Å². The molecular weight excluding hydrogens is 252 g/mol. The number of aromatic nitrogens is 1. The molecule has 104 valence electrons. The van der Waals surface area contributed by atoms with Crippen molar-refractivity contribution in [2.45, 2.75) is 32.2 Å². The quantitative estimate of drug-likeness (QED) is 0.852. The molecular formula is C16H18N2O2. The molecule has 0 fully saturated rings. The first kappa shape index (κ1) is 12.9. The summed E-state index contributed by atoms with van der Waals surface area (Å²) < 4.78 is 5.11. The molecule has 2 aromatic rings. The molecule has 1 unspecified atom stereocenters. The molecule has 0 aliphatic carbocycles. The summed E-state index contributed by atoms with van der Waals surface area (Å²) in [6.07, 6.45) is 2.69. The van der Waals surface area contributed by atoms with Gasteiger partial charge in [-0.25, -0.2) is 9.78 Å². The first-order valence-electron chi connectivity index (χ1n) is 7.10. The summed E-state index contributed by atoms with van der Waals surface area (Å²) in [5, 5.41) is 4.39. The number of hydrogen-bond acceptors (Lipinski definition) is 4. The van der Waals surface area contributed by atoms with Crippen LogP contribution in [0.1, 0.15) is 25.3 Å². The number of esters is 1. The first-order chi connectivity index (χ1) is 9.78. The van der Waals surface area contributed by atoms with Crippen LogP contribution in [-0.4, -0.2) is 23.6 Å². The number of carbonyl (C=O) groups excluding carboxylic acids is 1. The van der Waals surface area contributed by atoms with Gasteiger partial charge in [0.25, 0.3) is 0 Å². The molecule has 1 N–H and O–H groups in total. The van der Waals surface area contributed by atoms with Gasteiger partial charge in [0.2, 0.25) is 0 Å². The summed E-state index contributed by atoms with van der Waals surface area (Å²) in [6.45, 7) is 2.24. The van der Waals surface area contributed by atoms with Gasteiger partial charge in [-0.15, -0.1) is 0 Å². The van der Waals surface area contributed by atoms with Crippen LogP contribution in [0, 0.1) is 0 Å². The molecule has 1 atom stereocenters. The topological polar surface area (TPSA) is 51.2 Å². The van der Waals surface area contributed by atoms with E-state index < -0.39 is 0 Å². The summed E-state index contributed by atoms with van der Waals surface area (Å²) >= 11 is 0. The van der Waals surface area contributed by atoms with Crippen molar-refractivity contribution in [3.05, 3.63) is 35.9 Å². The highest BCUT2D eigenvalue weighted by Crippen LogP contribution is 2.26. The number of hydrogen-bond donors (Lipinski definition) is 1. The van der Waals surface area contributed by atoms with E-state index in [1.807, 2.05) is 25.1 Å². The summed E-state index contributed by atoms with van der Waals surface area (Å²) in [6, 6.07) is 9.92. The largest absolute Gasteiger partial charge is 0.464 e. The summed E-state index contributed by atoms with van der Waals surface area (Å²) in [4.78, 5) is 16.6. The summed E-state index contributed by atoms with van der Waals surface area (Å²) in [5.41, 5.74) is 2.12. The predicted molar refractivity (Wildman–Crippen MR) is 78.7 cm³/mol. The number of rotatable bonds is 2. The van der Waals surface area contributed by atoms with Gasteiger partial charge in [-0.2, -0.15) is 0 Å². The second kappa shape index (κ2) is 5.49. The number of para-hydroxylation sites is 1. The SMILES string of the molecule is CCOC(=O)C1CCCc2cc3ccccc3nc2N1. The van der Waals surface area contributed by atoms with Gasteiger partial charge in [-0.05, 0) is 43.9 Å². The maximum atomic E-state index is 11.9. The van der Waals surface area contributed by atoms with E-state index >= 15 is 0 Å². The van der Waals surface area contributed by atoms with E-state index in [1.165, 1.54) is 5.56 Å². The van der Waals surface area contributed by atoms with Crippen LogP contribution in [0.15, 0.2) is 30.3 Å². The third kappa shape index (κ3) is 2.46. The molecule has 1 aromatic carbocycles. The van der Waals surface area contributed by atoms with Crippen LogP contribution in [0.3, 0.4) is 0 Å². The lowest BCUT2D eigenvalue weighted by Crippen LogP contribution is -2.31. The highest BCUT2D eigenvalue weighted by atomic mass is 16.5. The molecule has 0 radical (unpaired) electrons. The number of benzene rings is 1. The standard InChI is InChI=1S/C16H18N2O2/c1-2-20-16(19)14-9-5-7-12-10-11-6-3-4-8-13(11)17-15(12)18-14/h3-4,6,8,10,14H,2,5,7,9H2,1H3,(H,17,18). The van der Waals surface area contributed by atoms with Gasteiger partial charge in [0.15, 0.2) is 0 Å². The molecule has 1 aliphatic rings. The molecule has 2 heterocycles. The molecule has 0 spiro atoms. The molecule has 0 amide bonds. The lowest BCUT2D eigenvalue weighted by atomic mass is 10.1. The third-order valence-electron chi connectivity index (χ3n) is 3.62. The molecule has 0 saturated heterocycles. The fourth-order valence-corrected chi connectivity index (χ4v) is 2.63. The van der Waals surface area contributed by atoms with Gasteiger partial charge in [0, 0.05) is 5.39 Å². The Hall–Kier alpha value is -2.10. The Kier molecular flexibility index (Phi) is 3.54. The second-order valence-electron chi connectivity index (χ2n) is 5.03. The smallest absolute Gasteiger partial charge is 0.328 e. The predicted octanol–water partition coefficient (Wildman–Crippen LogP) is 2.91. The zero-order valence-electron chi connectivity index (χ0n) is 11.6. The van der Waals surface area contributed by atoms with E-state index in [4.69, 9.17) is 4.74 Å². The van der Waals surface area contributed by atoms with E-state index in [0.717, 1.165) is 36.0 Å². The van der Waals surface area contributed by atoms with Gasteiger partial charge in [-0.1, -0.05) is 18.2 Å². The van der Waals surface area contributed by atoms with Gasteiger partial charge in [-0.3, -0.25) is 0 Å². The Morgan fingerprint density at radius 2 is 2.30 bits per heavy atom. The molecule has 4 nitrogen and oxygen atoms in total. The number of aryl methyl sites for hydroxylation is 1. The van der Waals surface area contributed by atoms with Crippen molar-refractivity contribution in [3.8, 4) is 0 Å². The van der Waals surface area contributed by atoms with Crippen molar-refractivity contribution >= 4 is 22.7 Å². The van der Waals surface area contributed by atoms with Crippen LogP contribution in [0.2, 0.25) is 0 Å². The van der Waals surface area contributed by atoms with Gasteiger partial charge in [0.05, 0.1) is 12.1 Å². The fourth-order valence-electron chi connectivity index (χ4n) is 2.63. The van der Waals surface area contributed by atoms with Crippen molar-refractivity contribution < 1.29 is 9.53 Å². The maximum absolute atomic E-state index is 11.9. The average Bonchev–Trinajstić information content (AvgIpc) is 2.67. The highest BCUT2D eigenvalue weighted by Gasteiger charge is 2.24. The minimum atomic E-state index is -0.287. The second-order valence-corrected chi connectivity index (χ2v) is 5.03. The zero-order valence-corrected chi connectivity index (χ0v) is 11.6. The van der Waals surface area contributed by atoms with Crippen molar-refractivity contribution in [2.24, 2.45) is 0 Å². The zero-order chi connectivity index (χ0) is 13.9. The van der Waals surface area contributed by atoms with Gasteiger partial charge in [0.1, 0.15) is 11.9 Å². The van der Waals surface area contributed by atoms with Crippen LogP contribution in [0.4, 0.5) is 5.82 Å². The third-order valence-corrected chi connectivity index (χ3v) is 3.62. The monoisotopic (exact) mass is 270 g/mol. The molecule has 1 aromatic heterocycles. The Balaban J connectivity index is 1.95. The van der Waals surface area contributed by atoms with E-state index in [-0.39, 0.29) is 12.0 Å². The number of fused-ring (bicyclic) bond motifs is 2.